The molecular formula is C20H25N3O2S. The third-order valence-electron chi connectivity index (χ3n) is 5.60. The molecule has 2 fully saturated rings. The monoisotopic (exact) mass is 371 g/mol. The predicted molar refractivity (Wildman–Crippen MR) is 104 cm³/mol. The van der Waals surface area contributed by atoms with Crippen molar-refractivity contribution >= 4 is 17.2 Å². The summed E-state index contributed by atoms with van der Waals surface area (Å²) >= 11 is 1.48. The SMILES string of the molecule is CCOc1ccc(-c2nc(C)c(C(=O)N3CC4CCC(N)C4C3)s2)cc1. The maximum absolute atomic E-state index is 13.0. The molecular weight excluding hydrogens is 346 g/mol. The van der Waals surface area contributed by atoms with E-state index in [4.69, 9.17) is 10.5 Å². The van der Waals surface area contributed by atoms with Crippen LogP contribution < -0.4 is 10.5 Å². The van der Waals surface area contributed by atoms with Gasteiger partial charge in [0.25, 0.3) is 5.91 Å². The van der Waals surface area contributed by atoms with Gasteiger partial charge in [0.05, 0.1) is 12.3 Å². The standard InChI is InChI=1S/C20H25N3O2S/c1-3-25-15-7-4-13(5-8-15)19-22-12(2)18(26-19)20(24)23-10-14-6-9-17(21)16(14)11-23/h4-5,7-8,14,16-17H,3,6,9-11,21H2,1-2H3. The first-order valence-electron chi connectivity index (χ1n) is 9.32. The van der Waals surface area contributed by atoms with Gasteiger partial charge in [-0.15, -0.1) is 11.3 Å². The van der Waals surface area contributed by atoms with Crippen LogP contribution >= 0.6 is 11.3 Å². The molecule has 4 rings (SSSR count). The lowest BCUT2D eigenvalue weighted by Gasteiger charge is -2.18. The van der Waals surface area contributed by atoms with Gasteiger partial charge in [0, 0.05) is 24.7 Å². The highest BCUT2D eigenvalue weighted by Gasteiger charge is 2.43. The van der Waals surface area contributed by atoms with Crippen LogP contribution in [0.4, 0.5) is 0 Å². The van der Waals surface area contributed by atoms with Gasteiger partial charge < -0.3 is 15.4 Å². The Morgan fingerprint density at radius 2 is 2.08 bits per heavy atom. The van der Waals surface area contributed by atoms with Crippen LogP contribution in [0.3, 0.4) is 0 Å². The van der Waals surface area contributed by atoms with Crippen molar-refractivity contribution in [1.82, 2.24) is 9.88 Å². The number of aromatic nitrogens is 1. The molecule has 138 valence electrons. The Balaban J connectivity index is 1.52. The summed E-state index contributed by atoms with van der Waals surface area (Å²) in [6.45, 7) is 6.17. The molecule has 1 saturated heterocycles. The number of aryl methyl sites for hydroxylation is 1. The number of benzene rings is 1. The fourth-order valence-electron chi connectivity index (χ4n) is 4.20. The molecule has 5 nitrogen and oxygen atoms in total. The third kappa shape index (κ3) is 3.12. The van der Waals surface area contributed by atoms with E-state index in [1.165, 1.54) is 11.3 Å². The number of ether oxygens (including phenoxy) is 1. The van der Waals surface area contributed by atoms with Gasteiger partial charge in [-0.1, -0.05) is 0 Å². The smallest absolute Gasteiger partial charge is 0.265 e. The van der Waals surface area contributed by atoms with Gasteiger partial charge in [-0.25, -0.2) is 4.98 Å². The molecule has 0 radical (unpaired) electrons. The fourth-order valence-corrected chi connectivity index (χ4v) is 5.24. The van der Waals surface area contributed by atoms with Crippen molar-refractivity contribution in [2.75, 3.05) is 19.7 Å². The zero-order chi connectivity index (χ0) is 18.3. The molecule has 1 saturated carbocycles. The van der Waals surface area contributed by atoms with Crippen LogP contribution in [0.5, 0.6) is 5.75 Å². The molecule has 26 heavy (non-hydrogen) atoms. The molecule has 1 aromatic heterocycles. The lowest BCUT2D eigenvalue weighted by molar-refractivity contribution is 0.0783. The number of nitrogens with two attached hydrogens (primary N) is 1. The van der Waals surface area contributed by atoms with Crippen LogP contribution in [0.2, 0.25) is 0 Å². The molecule has 0 spiro atoms. The van der Waals surface area contributed by atoms with Crippen LogP contribution in [0.15, 0.2) is 24.3 Å². The fraction of sp³-hybridized carbons (Fsp3) is 0.500. The van der Waals surface area contributed by atoms with Crippen LogP contribution in [0.25, 0.3) is 10.6 Å². The highest BCUT2D eigenvalue weighted by atomic mass is 32.1. The lowest BCUT2D eigenvalue weighted by Crippen LogP contribution is -2.33. The summed E-state index contributed by atoms with van der Waals surface area (Å²) < 4.78 is 5.49. The van der Waals surface area contributed by atoms with Crippen LogP contribution in [0, 0.1) is 18.8 Å². The molecule has 2 aliphatic rings. The van der Waals surface area contributed by atoms with E-state index >= 15 is 0 Å². The summed E-state index contributed by atoms with van der Waals surface area (Å²) in [6, 6.07) is 8.13. The zero-order valence-corrected chi connectivity index (χ0v) is 16.1. The summed E-state index contributed by atoms with van der Waals surface area (Å²) in [4.78, 5) is 20.4. The molecule has 2 N–H and O–H groups in total. The summed E-state index contributed by atoms with van der Waals surface area (Å²) in [6.07, 6.45) is 2.24. The van der Waals surface area contributed by atoms with E-state index in [2.05, 4.69) is 4.98 Å². The summed E-state index contributed by atoms with van der Waals surface area (Å²) in [5, 5.41) is 0.880. The Labute approximate surface area is 158 Å². The number of rotatable bonds is 4. The predicted octanol–water partition coefficient (Wildman–Crippen LogP) is 3.33. The van der Waals surface area contributed by atoms with Gasteiger partial charge in [0.2, 0.25) is 0 Å². The van der Waals surface area contributed by atoms with Crippen molar-refractivity contribution in [2.24, 2.45) is 17.6 Å². The number of thiazole rings is 1. The first-order chi connectivity index (χ1) is 12.6. The van der Waals surface area contributed by atoms with Crippen molar-refractivity contribution in [1.29, 1.82) is 0 Å². The molecule has 1 aliphatic carbocycles. The van der Waals surface area contributed by atoms with Gasteiger partial charge in [-0.05, 0) is 62.8 Å². The maximum atomic E-state index is 13.0. The Hall–Kier alpha value is -1.92. The average molecular weight is 372 g/mol. The lowest BCUT2D eigenvalue weighted by atomic mass is 9.98. The second-order valence-electron chi connectivity index (χ2n) is 7.27. The topological polar surface area (TPSA) is 68.5 Å². The minimum Gasteiger partial charge on any atom is -0.494 e. The first kappa shape index (κ1) is 17.5. The molecule has 0 bridgehead atoms. The van der Waals surface area contributed by atoms with Crippen molar-refractivity contribution < 1.29 is 9.53 Å². The Morgan fingerprint density at radius 3 is 2.77 bits per heavy atom. The second kappa shape index (κ2) is 7.00. The Morgan fingerprint density at radius 1 is 1.31 bits per heavy atom. The summed E-state index contributed by atoms with van der Waals surface area (Å²) in [7, 11) is 0. The van der Waals surface area contributed by atoms with Crippen LogP contribution in [-0.4, -0.2) is 41.5 Å². The van der Waals surface area contributed by atoms with Crippen molar-refractivity contribution in [3.8, 4) is 16.3 Å². The number of nitrogens with zero attached hydrogens (tertiary/aromatic N) is 2. The molecule has 2 heterocycles. The van der Waals surface area contributed by atoms with Gasteiger partial charge >= 0.3 is 0 Å². The normalized spacial score (nSPS) is 24.7. The van der Waals surface area contributed by atoms with Gasteiger partial charge in [-0.3, -0.25) is 4.79 Å². The molecule has 3 unspecified atom stereocenters. The number of likely N-dealkylation sites (tertiary alicyclic amines) is 1. The van der Waals surface area contributed by atoms with E-state index in [1.54, 1.807) is 0 Å². The molecule has 2 aromatic rings. The van der Waals surface area contributed by atoms with Gasteiger partial charge in [-0.2, -0.15) is 0 Å². The number of carbonyl (C=O) groups excluding carboxylic acids is 1. The summed E-state index contributed by atoms with van der Waals surface area (Å²) in [5.41, 5.74) is 8.03. The number of carbonyl (C=O) groups is 1. The zero-order valence-electron chi connectivity index (χ0n) is 15.3. The van der Waals surface area contributed by atoms with Crippen molar-refractivity contribution in [3.05, 3.63) is 34.8 Å². The molecule has 1 aromatic carbocycles. The van der Waals surface area contributed by atoms with E-state index in [9.17, 15) is 4.79 Å². The summed E-state index contributed by atoms with van der Waals surface area (Å²) in [5.74, 6) is 2.00. The van der Waals surface area contributed by atoms with E-state index in [1.807, 2.05) is 43.0 Å². The first-order valence-corrected chi connectivity index (χ1v) is 10.1. The van der Waals surface area contributed by atoms with E-state index < -0.39 is 0 Å². The van der Waals surface area contributed by atoms with E-state index in [-0.39, 0.29) is 11.9 Å². The molecule has 1 aliphatic heterocycles. The van der Waals surface area contributed by atoms with Crippen molar-refractivity contribution in [2.45, 2.75) is 32.7 Å². The largest absolute Gasteiger partial charge is 0.494 e. The molecule has 6 heteroatoms. The minimum atomic E-state index is 0.110. The highest BCUT2D eigenvalue weighted by molar-refractivity contribution is 7.17. The second-order valence-corrected chi connectivity index (χ2v) is 8.27. The highest BCUT2D eigenvalue weighted by Crippen LogP contribution is 2.38. The average Bonchev–Trinajstić information content (AvgIpc) is 3.32. The number of hydrogen-bond donors (Lipinski definition) is 1. The number of fused-ring (bicyclic) bond motifs is 1. The molecule has 1 amide bonds. The van der Waals surface area contributed by atoms with E-state index in [0.717, 1.165) is 52.8 Å². The van der Waals surface area contributed by atoms with Crippen LogP contribution in [-0.2, 0) is 0 Å². The van der Waals surface area contributed by atoms with Crippen molar-refractivity contribution in [3.63, 3.8) is 0 Å². The van der Waals surface area contributed by atoms with Gasteiger partial charge in [0.15, 0.2) is 0 Å². The Bertz CT molecular complexity index is 802. The number of hydrogen-bond acceptors (Lipinski definition) is 5. The minimum absolute atomic E-state index is 0.110. The molecule has 3 atom stereocenters. The van der Waals surface area contributed by atoms with Gasteiger partial charge in [0.1, 0.15) is 15.6 Å². The number of amides is 1. The quantitative estimate of drug-likeness (QED) is 0.895. The maximum Gasteiger partial charge on any atom is 0.265 e. The Kier molecular flexibility index (Phi) is 4.71. The van der Waals surface area contributed by atoms with Crippen LogP contribution in [0.1, 0.15) is 35.1 Å². The van der Waals surface area contributed by atoms with E-state index in [0.29, 0.717) is 18.4 Å². The third-order valence-corrected chi connectivity index (χ3v) is 6.80.